The summed E-state index contributed by atoms with van der Waals surface area (Å²) in [6, 6.07) is 9.60. The minimum absolute atomic E-state index is 0.301. The minimum atomic E-state index is -0.301. The SMILES string of the molecule is C=N/C=C(\C=C(/C)c1ccc2[nH]nc(C(=O)Nc3ccc(NCCN(C)C)nc3)c2c1)N1CCOCC1. The number of benzene rings is 1. The molecule has 3 N–H and O–H groups in total. The Morgan fingerprint density at radius 2 is 2.08 bits per heavy atom. The Balaban J connectivity index is 1.49. The van der Waals surface area contributed by atoms with Crippen LogP contribution in [0.1, 0.15) is 23.0 Å². The Kier molecular flexibility index (Phi) is 8.65. The smallest absolute Gasteiger partial charge is 0.276 e. The van der Waals surface area contributed by atoms with Gasteiger partial charge in [-0.2, -0.15) is 5.10 Å². The summed E-state index contributed by atoms with van der Waals surface area (Å²) < 4.78 is 5.47. The van der Waals surface area contributed by atoms with Crippen LogP contribution < -0.4 is 10.6 Å². The Bertz CT molecular complexity index is 1290. The van der Waals surface area contributed by atoms with Gasteiger partial charge in [0.2, 0.25) is 0 Å². The highest BCUT2D eigenvalue weighted by Gasteiger charge is 2.17. The minimum Gasteiger partial charge on any atom is -0.378 e. The van der Waals surface area contributed by atoms with Gasteiger partial charge in [-0.05, 0) is 69.2 Å². The van der Waals surface area contributed by atoms with Crippen LogP contribution in [0.3, 0.4) is 0 Å². The molecule has 194 valence electrons. The van der Waals surface area contributed by atoms with E-state index in [4.69, 9.17) is 4.74 Å². The van der Waals surface area contributed by atoms with Crippen molar-refractivity contribution in [2.45, 2.75) is 6.92 Å². The number of fused-ring (bicyclic) bond motifs is 1. The number of rotatable bonds is 10. The molecule has 2 aromatic heterocycles. The van der Waals surface area contributed by atoms with Crippen LogP contribution in [0.25, 0.3) is 16.5 Å². The number of carbonyl (C=O) groups is 1. The lowest BCUT2D eigenvalue weighted by molar-refractivity contribution is 0.0553. The van der Waals surface area contributed by atoms with Crippen molar-refractivity contribution in [2.24, 2.45) is 4.99 Å². The summed E-state index contributed by atoms with van der Waals surface area (Å²) in [5.41, 5.74) is 4.72. The van der Waals surface area contributed by atoms with Crippen molar-refractivity contribution in [1.82, 2.24) is 25.0 Å². The fourth-order valence-corrected chi connectivity index (χ4v) is 4.03. The number of H-pyrrole nitrogens is 1. The molecule has 1 amide bonds. The summed E-state index contributed by atoms with van der Waals surface area (Å²) in [7, 11) is 4.04. The molecule has 0 bridgehead atoms. The largest absolute Gasteiger partial charge is 0.378 e. The number of aliphatic imine (C=N–C) groups is 1. The summed E-state index contributed by atoms with van der Waals surface area (Å²) in [4.78, 5) is 25.8. The summed E-state index contributed by atoms with van der Waals surface area (Å²) in [6.07, 6.45) is 5.48. The van der Waals surface area contributed by atoms with E-state index in [1.165, 1.54) is 0 Å². The molecule has 0 atom stereocenters. The van der Waals surface area contributed by atoms with Gasteiger partial charge in [0.25, 0.3) is 5.91 Å². The van der Waals surface area contributed by atoms with Crippen molar-refractivity contribution in [2.75, 3.05) is 64.1 Å². The highest BCUT2D eigenvalue weighted by atomic mass is 16.5. The number of aromatic nitrogens is 3. The fourth-order valence-electron chi connectivity index (χ4n) is 4.03. The maximum Gasteiger partial charge on any atom is 0.276 e. The van der Waals surface area contributed by atoms with Crippen LogP contribution in [0.5, 0.6) is 0 Å². The van der Waals surface area contributed by atoms with E-state index in [2.05, 4.69) is 53.4 Å². The first-order valence-corrected chi connectivity index (χ1v) is 12.3. The predicted octanol–water partition coefficient (Wildman–Crippen LogP) is 3.46. The number of nitrogens with one attached hydrogen (secondary N) is 3. The molecule has 37 heavy (non-hydrogen) atoms. The summed E-state index contributed by atoms with van der Waals surface area (Å²) in [5.74, 6) is 0.457. The molecule has 4 rings (SSSR count). The van der Waals surface area contributed by atoms with Gasteiger partial charge in [0.1, 0.15) is 5.82 Å². The first kappa shape index (κ1) is 26.1. The molecule has 1 aliphatic heterocycles. The second kappa shape index (κ2) is 12.3. The lowest BCUT2D eigenvalue weighted by atomic mass is 10.0. The van der Waals surface area contributed by atoms with Crippen LogP contribution in [0.15, 0.2) is 59.5 Å². The molecule has 1 fully saturated rings. The maximum absolute atomic E-state index is 13.1. The van der Waals surface area contributed by atoms with Crippen molar-refractivity contribution >= 4 is 40.6 Å². The number of allylic oxidation sites excluding steroid dienone is 2. The van der Waals surface area contributed by atoms with Crippen LogP contribution in [-0.2, 0) is 4.74 Å². The van der Waals surface area contributed by atoms with Crippen molar-refractivity contribution in [3.8, 4) is 0 Å². The van der Waals surface area contributed by atoms with Crippen LogP contribution in [-0.4, -0.2) is 91.1 Å². The van der Waals surface area contributed by atoms with Gasteiger partial charge in [-0.15, -0.1) is 0 Å². The normalized spacial score (nSPS) is 14.8. The van der Waals surface area contributed by atoms with Crippen molar-refractivity contribution in [3.05, 3.63) is 65.8 Å². The van der Waals surface area contributed by atoms with Gasteiger partial charge in [0, 0.05) is 37.8 Å². The topological polar surface area (TPSA) is 111 Å². The molecular weight excluding hydrogens is 468 g/mol. The molecule has 1 saturated heterocycles. The number of pyridine rings is 1. The molecular formula is C27H34N8O2. The number of morpholine rings is 1. The van der Waals surface area contributed by atoms with E-state index < -0.39 is 0 Å². The molecule has 0 aliphatic carbocycles. The fraction of sp³-hybridized carbons (Fsp3) is 0.333. The zero-order chi connectivity index (χ0) is 26.2. The number of hydrogen-bond acceptors (Lipinski definition) is 8. The first-order chi connectivity index (χ1) is 17.9. The third-order valence-electron chi connectivity index (χ3n) is 6.08. The first-order valence-electron chi connectivity index (χ1n) is 12.3. The van der Waals surface area contributed by atoms with E-state index in [-0.39, 0.29) is 5.91 Å². The number of ether oxygens (including phenoxy) is 1. The number of anilines is 2. The zero-order valence-corrected chi connectivity index (χ0v) is 21.6. The van der Waals surface area contributed by atoms with E-state index in [0.717, 1.165) is 59.7 Å². The van der Waals surface area contributed by atoms with Gasteiger partial charge in [-0.25, -0.2) is 4.98 Å². The average molecular weight is 503 g/mol. The summed E-state index contributed by atoms with van der Waals surface area (Å²) in [5, 5.41) is 14.1. The second-order valence-electron chi connectivity index (χ2n) is 9.11. The van der Waals surface area contributed by atoms with Gasteiger partial charge >= 0.3 is 0 Å². The van der Waals surface area contributed by atoms with E-state index in [1.807, 2.05) is 51.4 Å². The van der Waals surface area contributed by atoms with Gasteiger partial charge in [-0.3, -0.25) is 14.9 Å². The Labute approximate surface area is 217 Å². The predicted molar refractivity (Wildman–Crippen MR) is 149 cm³/mol. The van der Waals surface area contributed by atoms with E-state index in [0.29, 0.717) is 24.6 Å². The molecule has 3 aromatic rings. The molecule has 10 nitrogen and oxygen atoms in total. The van der Waals surface area contributed by atoms with Crippen LogP contribution >= 0.6 is 0 Å². The quantitative estimate of drug-likeness (QED) is 0.288. The van der Waals surface area contributed by atoms with Gasteiger partial charge < -0.3 is 25.2 Å². The molecule has 1 aromatic carbocycles. The zero-order valence-electron chi connectivity index (χ0n) is 21.6. The summed E-state index contributed by atoms with van der Waals surface area (Å²) in [6.45, 7) is 10.3. The van der Waals surface area contributed by atoms with E-state index >= 15 is 0 Å². The lowest BCUT2D eigenvalue weighted by Crippen LogP contribution is -2.35. The van der Waals surface area contributed by atoms with Crippen LogP contribution in [0.2, 0.25) is 0 Å². The second-order valence-corrected chi connectivity index (χ2v) is 9.11. The van der Waals surface area contributed by atoms with Gasteiger partial charge in [-0.1, -0.05) is 6.07 Å². The third kappa shape index (κ3) is 6.81. The van der Waals surface area contributed by atoms with Gasteiger partial charge in [0.05, 0.1) is 36.3 Å². The number of amides is 1. The molecule has 0 unspecified atom stereocenters. The average Bonchev–Trinajstić information content (AvgIpc) is 3.33. The number of likely N-dealkylation sites (N-methyl/N-ethyl adjacent to an activating group) is 1. The number of carbonyl (C=O) groups excluding carboxylic acids is 1. The number of aromatic amines is 1. The molecule has 10 heteroatoms. The highest BCUT2D eigenvalue weighted by Crippen LogP contribution is 2.25. The maximum atomic E-state index is 13.1. The highest BCUT2D eigenvalue weighted by molar-refractivity contribution is 6.11. The molecule has 0 spiro atoms. The van der Waals surface area contributed by atoms with Crippen LogP contribution in [0.4, 0.5) is 11.5 Å². The summed E-state index contributed by atoms with van der Waals surface area (Å²) >= 11 is 0. The van der Waals surface area contributed by atoms with Crippen molar-refractivity contribution in [1.29, 1.82) is 0 Å². The van der Waals surface area contributed by atoms with Crippen molar-refractivity contribution < 1.29 is 9.53 Å². The van der Waals surface area contributed by atoms with Gasteiger partial charge in [0.15, 0.2) is 5.69 Å². The Morgan fingerprint density at radius 3 is 2.78 bits per heavy atom. The lowest BCUT2D eigenvalue weighted by Gasteiger charge is -2.29. The Morgan fingerprint density at radius 1 is 1.27 bits per heavy atom. The van der Waals surface area contributed by atoms with E-state index in [9.17, 15) is 4.79 Å². The molecule has 0 radical (unpaired) electrons. The monoisotopic (exact) mass is 502 g/mol. The number of hydrogen-bond donors (Lipinski definition) is 3. The third-order valence-corrected chi connectivity index (χ3v) is 6.08. The number of nitrogens with zero attached hydrogens (tertiary/aromatic N) is 5. The van der Waals surface area contributed by atoms with Crippen LogP contribution in [0, 0.1) is 0 Å². The standard InChI is InChI=1S/C27H34N8O2/c1-19(15-22(18-28-2)35-11-13-37-14-12-35)20-5-7-24-23(16-20)26(33-32-24)27(36)31-21-6-8-25(30-17-21)29-9-10-34(3)4/h5-8,15-18H,2,9-14H2,1,3-4H3,(H,29,30)(H,31,36)(H,32,33)/b19-15+,22-18+. The Hall–Kier alpha value is -4.02. The van der Waals surface area contributed by atoms with Crippen molar-refractivity contribution in [3.63, 3.8) is 0 Å². The molecule has 0 saturated carbocycles. The van der Waals surface area contributed by atoms with E-state index in [1.54, 1.807) is 12.4 Å². The molecule has 3 heterocycles. The molecule has 1 aliphatic rings.